The van der Waals surface area contributed by atoms with Crippen molar-refractivity contribution in [1.82, 2.24) is 4.57 Å². The van der Waals surface area contributed by atoms with E-state index in [1.807, 2.05) is 53.2 Å². The molecule has 0 fully saturated rings. The summed E-state index contributed by atoms with van der Waals surface area (Å²) >= 11 is 0. The molecule has 0 aliphatic rings. The molecular weight excluding hydrogens is 282 g/mol. The van der Waals surface area contributed by atoms with E-state index in [4.69, 9.17) is 5.11 Å². The zero-order valence-electron chi connectivity index (χ0n) is 11.8. The number of allylic oxidation sites excluding steroid dienone is 1. The minimum Gasteiger partial charge on any atom is -0.475 e. The molecule has 5 heteroatoms. The van der Waals surface area contributed by atoms with Gasteiger partial charge in [-0.3, -0.25) is 9.59 Å². The van der Waals surface area contributed by atoms with E-state index in [0.717, 1.165) is 11.3 Å². The Kier molecular flexibility index (Phi) is 5.03. The SMILES string of the molecule is O=C(C=Cc1cccn1Cc1ccccc1)CC(=O)C(=O)O. The smallest absolute Gasteiger partial charge is 0.372 e. The van der Waals surface area contributed by atoms with E-state index in [-0.39, 0.29) is 0 Å². The summed E-state index contributed by atoms with van der Waals surface area (Å²) < 4.78 is 1.96. The van der Waals surface area contributed by atoms with Gasteiger partial charge in [0.2, 0.25) is 5.78 Å². The van der Waals surface area contributed by atoms with Crippen molar-refractivity contribution in [3.05, 3.63) is 66.0 Å². The molecule has 1 heterocycles. The highest BCUT2D eigenvalue weighted by Crippen LogP contribution is 2.09. The minimum atomic E-state index is -1.59. The number of hydrogen-bond donors (Lipinski definition) is 1. The number of hydrogen-bond acceptors (Lipinski definition) is 3. The van der Waals surface area contributed by atoms with Gasteiger partial charge in [-0.1, -0.05) is 30.3 Å². The topological polar surface area (TPSA) is 76.4 Å². The first kappa shape index (κ1) is 15.4. The molecule has 0 bridgehead atoms. The number of ketones is 2. The molecular formula is C17H15NO4. The van der Waals surface area contributed by atoms with E-state index in [1.165, 1.54) is 6.08 Å². The highest BCUT2D eigenvalue weighted by Gasteiger charge is 2.14. The summed E-state index contributed by atoms with van der Waals surface area (Å²) in [6.45, 7) is 0.662. The van der Waals surface area contributed by atoms with Crippen LogP contribution in [0, 0.1) is 0 Å². The normalized spacial score (nSPS) is 10.7. The zero-order valence-corrected chi connectivity index (χ0v) is 11.8. The fraction of sp³-hybridized carbons (Fsp3) is 0.118. The van der Waals surface area contributed by atoms with Crippen molar-refractivity contribution >= 4 is 23.6 Å². The lowest BCUT2D eigenvalue weighted by atomic mass is 10.2. The lowest BCUT2D eigenvalue weighted by molar-refractivity contribution is -0.149. The van der Waals surface area contributed by atoms with Gasteiger partial charge < -0.3 is 9.67 Å². The van der Waals surface area contributed by atoms with Gasteiger partial charge in [-0.25, -0.2) is 4.79 Å². The van der Waals surface area contributed by atoms with Crippen LogP contribution in [-0.2, 0) is 20.9 Å². The Balaban J connectivity index is 2.03. The maximum Gasteiger partial charge on any atom is 0.372 e. The Hall–Kier alpha value is -2.95. The van der Waals surface area contributed by atoms with Gasteiger partial charge in [0, 0.05) is 18.4 Å². The number of nitrogens with zero attached hydrogens (tertiary/aromatic N) is 1. The molecule has 112 valence electrons. The van der Waals surface area contributed by atoms with Gasteiger partial charge in [-0.05, 0) is 29.8 Å². The minimum absolute atomic E-state index is 0.528. The highest BCUT2D eigenvalue weighted by molar-refractivity contribution is 6.37. The van der Waals surface area contributed by atoms with Gasteiger partial charge in [0.05, 0.1) is 6.42 Å². The third-order valence-corrected chi connectivity index (χ3v) is 3.07. The number of carbonyl (C=O) groups excluding carboxylic acids is 2. The zero-order chi connectivity index (χ0) is 15.9. The second-order valence-corrected chi connectivity index (χ2v) is 4.75. The van der Waals surface area contributed by atoms with Crippen molar-refractivity contribution in [3.63, 3.8) is 0 Å². The summed E-state index contributed by atoms with van der Waals surface area (Å²) in [6, 6.07) is 13.6. The Bertz CT molecular complexity index is 713. The van der Waals surface area contributed by atoms with E-state index < -0.39 is 24.0 Å². The molecule has 0 radical (unpaired) electrons. The predicted molar refractivity (Wildman–Crippen MR) is 81.3 cm³/mol. The van der Waals surface area contributed by atoms with Crippen LogP contribution in [0.3, 0.4) is 0 Å². The van der Waals surface area contributed by atoms with Crippen molar-refractivity contribution in [2.45, 2.75) is 13.0 Å². The van der Waals surface area contributed by atoms with Gasteiger partial charge in [0.25, 0.3) is 0 Å². The second kappa shape index (κ2) is 7.17. The molecule has 2 aromatic rings. The Morgan fingerprint density at radius 2 is 1.77 bits per heavy atom. The van der Waals surface area contributed by atoms with Crippen LogP contribution >= 0.6 is 0 Å². The van der Waals surface area contributed by atoms with E-state index in [9.17, 15) is 14.4 Å². The predicted octanol–water partition coefficient (Wildman–Crippen LogP) is 2.16. The lowest BCUT2D eigenvalue weighted by Gasteiger charge is -2.06. The van der Waals surface area contributed by atoms with Crippen LogP contribution in [0.25, 0.3) is 6.08 Å². The second-order valence-electron chi connectivity index (χ2n) is 4.75. The number of aromatic nitrogens is 1. The molecule has 0 atom stereocenters. The fourth-order valence-corrected chi connectivity index (χ4v) is 1.97. The van der Waals surface area contributed by atoms with Gasteiger partial charge in [0.15, 0.2) is 5.78 Å². The summed E-state index contributed by atoms with van der Waals surface area (Å²) in [5, 5.41) is 8.46. The maximum atomic E-state index is 11.5. The van der Waals surface area contributed by atoms with E-state index in [2.05, 4.69) is 0 Å². The molecule has 0 unspecified atom stereocenters. The van der Waals surface area contributed by atoms with Crippen LogP contribution in [0.1, 0.15) is 17.7 Å². The third-order valence-electron chi connectivity index (χ3n) is 3.07. The van der Waals surface area contributed by atoms with Crippen LogP contribution in [0.5, 0.6) is 0 Å². The first-order valence-corrected chi connectivity index (χ1v) is 6.72. The Morgan fingerprint density at radius 3 is 2.45 bits per heavy atom. The molecule has 0 saturated heterocycles. The maximum absolute atomic E-state index is 11.5. The monoisotopic (exact) mass is 297 g/mol. The average molecular weight is 297 g/mol. The van der Waals surface area contributed by atoms with Crippen LogP contribution in [0.2, 0.25) is 0 Å². The van der Waals surface area contributed by atoms with Crippen molar-refractivity contribution in [3.8, 4) is 0 Å². The number of aliphatic carboxylic acids is 1. The van der Waals surface area contributed by atoms with Crippen LogP contribution < -0.4 is 0 Å². The van der Waals surface area contributed by atoms with E-state index >= 15 is 0 Å². The number of carboxylic acid groups (broad SMARTS) is 1. The number of Topliss-reactive ketones (excluding diaryl/α,β-unsaturated/α-hetero) is 1. The Labute approximate surface area is 127 Å². The largest absolute Gasteiger partial charge is 0.475 e. The number of carboxylic acids is 1. The summed E-state index contributed by atoms with van der Waals surface area (Å²) in [4.78, 5) is 32.9. The van der Waals surface area contributed by atoms with Crippen LogP contribution in [-0.4, -0.2) is 27.2 Å². The summed E-state index contributed by atoms with van der Waals surface area (Å²) in [7, 11) is 0. The van der Waals surface area contributed by atoms with Crippen LogP contribution in [0.15, 0.2) is 54.7 Å². The molecule has 0 aliphatic carbocycles. The van der Waals surface area contributed by atoms with Gasteiger partial charge >= 0.3 is 5.97 Å². The molecule has 0 amide bonds. The molecule has 2 rings (SSSR count). The molecule has 22 heavy (non-hydrogen) atoms. The number of rotatable bonds is 7. The van der Waals surface area contributed by atoms with Gasteiger partial charge in [-0.2, -0.15) is 0 Å². The summed E-state index contributed by atoms with van der Waals surface area (Å²) in [5.74, 6) is -3.22. The molecule has 1 aromatic carbocycles. The molecule has 1 N–H and O–H groups in total. The molecule has 0 saturated carbocycles. The average Bonchev–Trinajstić information content (AvgIpc) is 2.93. The van der Waals surface area contributed by atoms with Crippen molar-refractivity contribution in [2.75, 3.05) is 0 Å². The summed E-state index contributed by atoms with van der Waals surface area (Å²) in [5.41, 5.74) is 1.93. The fourth-order valence-electron chi connectivity index (χ4n) is 1.97. The third kappa shape index (κ3) is 4.28. The van der Waals surface area contributed by atoms with Crippen molar-refractivity contribution < 1.29 is 19.5 Å². The molecule has 0 spiro atoms. The molecule has 1 aromatic heterocycles. The van der Waals surface area contributed by atoms with Crippen LogP contribution in [0.4, 0.5) is 0 Å². The van der Waals surface area contributed by atoms with Crippen molar-refractivity contribution in [2.24, 2.45) is 0 Å². The van der Waals surface area contributed by atoms with Gasteiger partial charge in [0.1, 0.15) is 0 Å². The van der Waals surface area contributed by atoms with E-state index in [0.29, 0.717) is 6.54 Å². The highest BCUT2D eigenvalue weighted by atomic mass is 16.4. The molecule has 5 nitrogen and oxygen atoms in total. The number of benzene rings is 1. The standard InChI is InChI=1S/C17H15NO4/c19-15(11-16(20)17(21)22)9-8-14-7-4-10-18(14)12-13-5-2-1-3-6-13/h1-10H,11-12H2,(H,21,22). The lowest BCUT2D eigenvalue weighted by Crippen LogP contribution is -2.15. The quantitative estimate of drug-likeness (QED) is 0.483. The number of carbonyl (C=O) groups is 3. The van der Waals surface area contributed by atoms with Crippen molar-refractivity contribution in [1.29, 1.82) is 0 Å². The first-order valence-electron chi connectivity index (χ1n) is 6.72. The summed E-state index contributed by atoms with van der Waals surface area (Å²) in [6.07, 6.45) is 4.09. The Morgan fingerprint density at radius 1 is 1.05 bits per heavy atom. The molecule has 0 aliphatic heterocycles. The first-order chi connectivity index (χ1) is 10.6. The van der Waals surface area contributed by atoms with Gasteiger partial charge in [-0.15, -0.1) is 0 Å². The van der Waals surface area contributed by atoms with E-state index in [1.54, 1.807) is 6.08 Å².